The molecule has 1 aliphatic rings. The summed E-state index contributed by atoms with van der Waals surface area (Å²) in [6, 6.07) is 82.4. The lowest BCUT2D eigenvalue weighted by atomic mass is 9.67. The van der Waals surface area contributed by atoms with Gasteiger partial charge in [-0.3, -0.25) is 0 Å². The van der Waals surface area contributed by atoms with Gasteiger partial charge in [-0.2, -0.15) is 0 Å². The van der Waals surface area contributed by atoms with Crippen LogP contribution in [0.15, 0.2) is 231 Å². The van der Waals surface area contributed by atoms with E-state index in [1.54, 1.807) is 0 Å². The van der Waals surface area contributed by atoms with Gasteiger partial charge in [-0.1, -0.05) is 194 Å². The maximum atomic E-state index is 5.24. The normalized spacial score (nSPS) is 12.6. The molecular formula is C58H38N4. The van der Waals surface area contributed by atoms with E-state index in [0.29, 0.717) is 17.5 Å². The summed E-state index contributed by atoms with van der Waals surface area (Å²) in [5.74, 6) is 1.88. The van der Waals surface area contributed by atoms with Crippen LogP contribution in [-0.2, 0) is 5.41 Å². The van der Waals surface area contributed by atoms with E-state index >= 15 is 0 Å². The lowest BCUT2D eigenvalue weighted by Crippen LogP contribution is -2.28. The predicted molar refractivity (Wildman–Crippen MR) is 253 cm³/mol. The third kappa shape index (κ3) is 5.58. The van der Waals surface area contributed by atoms with Crippen LogP contribution in [0.2, 0.25) is 0 Å². The van der Waals surface area contributed by atoms with E-state index in [9.17, 15) is 0 Å². The summed E-state index contributed by atoms with van der Waals surface area (Å²) in [6.45, 7) is 0. The Balaban J connectivity index is 1.17. The van der Waals surface area contributed by atoms with E-state index in [4.69, 9.17) is 15.0 Å². The minimum absolute atomic E-state index is 0.486. The standard InChI is InChI=1S/C58H38N4/c1-6-20-39(21-7-1)55-59-56(40-22-8-2-9-23-40)61-57(60-55)42-37-48(54-47-31-17-19-33-52(47)62(53(54)38-42)45-28-14-5-15-29-45)41-34-35-51-49(36-41)46-30-16-18-32-50(46)58(51,43-24-10-3-11-25-43)44-26-12-4-13-27-44/h1-38H. The van der Waals surface area contributed by atoms with Gasteiger partial charge >= 0.3 is 0 Å². The Morgan fingerprint density at radius 3 is 1.44 bits per heavy atom. The van der Waals surface area contributed by atoms with Crippen LogP contribution in [0.1, 0.15) is 22.3 Å². The SMILES string of the molecule is c1ccc(-c2nc(-c3ccccc3)nc(-c3cc(-c4ccc5c(c4)-c4ccccc4C5(c4ccccc4)c4ccccc4)c4c5ccccc5n(-c5ccccc5)c4c3)n2)cc1. The highest BCUT2D eigenvalue weighted by Gasteiger charge is 2.46. The molecule has 0 aliphatic heterocycles. The zero-order valence-corrected chi connectivity index (χ0v) is 33.7. The fourth-order valence-electron chi connectivity index (χ4n) is 9.86. The van der Waals surface area contributed by atoms with Crippen molar-refractivity contribution < 1.29 is 0 Å². The molecule has 4 heteroatoms. The number of hydrogen-bond donors (Lipinski definition) is 0. The molecule has 0 spiro atoms. The molecule has 2 heterocycles. The van der Waals surface area contributed by atoms with Gasteiger partial charge < -0.3 is 4.57 Å². The summed E-state index contributed by atoms with van der Waals surface area (Å²) in [5, 5.41) is 2.36. The molecule has 12 rings (SSSR count). The van der Waals surface area contributed by atoms with Gasteiger partial charge in [-0.05, 0) is 80.9 Å². The maximum Gasteiger partial charge on any atom is 0.164 e. The van der Waals surface area contributed by atoms with Crippen molar-refractivity contribution in [2.75, 3.05) is 0 Å². The quantitative estimate of drug-likeness (QED) is 0.161. The van der Waals surface area contributed by atoms with Gasteiger partial charge in [0.1, 0.15) is 0 Å². The first-order valence-electron chi connectivity index (χ1n) is 21.1. The number of hydrogen-bond acceptors (Lipinski definition) is 3. The lowest BCUT2D eigenvalue weighted by molar-refractivity contribution is 0.768. The van der Waals surface area contributed by atoms with Crippen LogP contribution >= 0.6 is 0 Å². The minimum atomic E-state index is -0.486. The van der Waals surface area contributed by atoms with Crippen molar-refractivity contribution >= 4 is 21.8 Å². The second-order valence-electron chi connectivity index (χ2n) is 15.9. The fourth-order valence-corrected chi connectivity index (χ4v) is 9.86. The molecule has 0 saturated carbocycles. The Kier molecular flexibility index (Phi) is 8.36. The van der Waals surface area contributed by atoms with Crippen LogP contribution in [0.3, 0.4) is 0 Å². The van der Waals surface area contributed by atoms with Crippen molar-refractivity contribution in [3.8, 4) is 62.1 Å². The molecule has 0 radical (unpaired) electrons. The van der Waals surface area contributed by atoms with E-state index in [1.807, 2.05) is 36.4 Å². The van der Waals surface area contributed by atoms with Crippen molar-refractivity contribution in [2.24, 2.45) is 0 Å². The molecule has 0 saturated heterocycles. The summed E-state index contributed by atoms with van der Waals surface area (Å²) in [6.07, 6.45) is 0. The predicted octanol–water partition coefficient (Wildman–Crippen LogP) is 14.0. The molecule has 0 fully saturated rings. The highest BCUT2D eigenvalue weighted by atomic mass is 15.0. The molecule has 0 bridgehead atoms. The third-order valence-electron chi connectivity index (χ3n) is 12.5. The molecule has 9 aromatic carbocycles. The van der Waals surface area contributed by atoms with Gasteiger partial charge in [0.2, 0.25) is 0 Å². The Hall–Kier alpha value is -8.21. The van der Waals surface area contributed by atoms with E-state index < -0.39 is 5.41 Å². The first-order chi connectivity index (χ1) is 30.8. The number of para-hydroxylation sites is 2. The van der Waals surface area contributed by atoms with Crippen molar-refractivity contribution in [3.05, 3.63) is 253 Å². The van der Waals surface area contributed by atoms with Crippen molar-refractivity contribution in [1.29, 1.82) is 0 Å². The highest BCUT2D eigenvalue weighted by molar-refractivity contribution is 6.17. The second-order valence-corrected chi connectivity index (χ2v) is 15.9. The Bertz CT molecular complexity index is 3340. The molecule has 1 aliphatic carbocycles. The Labute approximate surface area is 360 Å². The summed E-state index contributed by atoms with van der Waals surface area (Å²) >= 11 is 0. The first-order valence-corrected chi connectivity index (χ1v) is 21.1. The van der Waals surface area contributed by atoms with Crippen LogP contribution in [0, 0.1) is 0 Å². The summed E-state index contributed by atoms with van der Waals surface area (Å²) in [7, 11) is 0. The van der Waals surface area contributed by atoms with E-state index in [0.717, 1.165) is 44.5 Å². The third-order valence-corrected chi connectivity index (χ3v) is 12.5. The average molecular weight is 791 g/mol. The molecule has 290 valence electrons. The molecule has 0 N–H and O–H groups in total. The number of rotatable bonds is 7. The molecule has 4 nitrogen and oxygen atoms in total. The number of fused-ring (bicyclic) bond motifs is 6. The molecule has 0 amide bonds. The largest absolute Gasteiger partial charge is 0.309 e. The lowest BCUT2D eigenvalue weighted by Gasteiger charge is -2.33. The van der Waals surface area contributed by atoms with Crippen LogP contribution in [0.25, 0.3) is 83.9 Å². The van der Waals surface area contributed by atoms with Crippen molar-refractivity contribution in [1.82, 2.24) is 19.5 Å². The van der Waals surface area contributed by atoms with Gasteiger partial charge in [-0.15, -0.1) is 0 Å². The molecule has 0 atom stereocenters. The van der Waals surface area contributed by atoms with Crippen LogP contribution < -0.4 is 0 Å². The molecule has 0 unspecified atom stereocenters. The average Bonchev–Trinajstić information content (AvgIpc) is 3.85. The van der Waals surface area contributed by atoms with Gasteiger partial charge in [0.05, 0.1) is 16.4 Å². The van der Waals surface area contributed by atoms with Gasteiger partial charge in [-0.25, -0.2) is 15.0 Å². The maximum absolute atomic E-state index is 5.24. The highest BCUT2D eigenvalue weighted by Crippen LogP contribution is 2.57. The topological polar surface area (TPSA) is 43.6 Å². The molecular weight excluding hydrogens is 753 g/mol. The van der Waals surface area contributed by atoms with Crippen LogP contribution in [0.5, 0.6) is 0 Å². The van der Waals surface area contributed by atoms with Crippen molar-refractivity contribution in [3.63, 3.8) is 0 Å². The number of nitrogens with zero attached hydrogens (tertiary/aromatic N) is 4. The zero-order valence-electron chi connectivity index (χ0n) is 33.7. The van der Waals surface area contributed by atoms with E-state index in [2.05, 4.69) is 199 Å². The fraction of sp³-hybridized carbons (Fsp3) is 0.0172. The number of aromatic nitrogens is 4. The van der Waals surface area contributed by atoms with Crippen LogP contribution in [0.4, 0.5) is 0 Å². The van der Waals surface area contributed by atoms with E-state index in [-0.39, 0.29) is 0 Å². The summed E-state index contributed by atoms with van der Waals surface area (Å²) in [4.78, 5) is 15.5. The zero-order chi connectivity index (χ0) is 41.0. The Morgan fingerprint density at radius 1 is 0.323 bits per heavy atom. The second kappa shape index (κ2) is 14.5. The van der Waals surface area contributed by atoms with Crippen LogP contribution in [-0.4, -0.2) is 19.5 Å². The molecule has 11 aromatic rings. The Morgan fingerprint density at radius 2 is 0.806 bits per heavy atom. The van der Waals surface area contributed by atoms with Gasteiger partial charge in [0.15, 0.2) is 17.5 Å². The summed E-state index contributed by atoms with van der Waals surface area (Å²) < 4.78 is 2.38. The molecule has 2 aromatic heterocycles. The minimum Gasteiger partial charge on any atom is -0.309 e. The molecule has 62 heavy (non-hydrogen) atoms. The monoisotopic (exact) mass is 790 g/mol. The smallest absolute Gasteiger partial charge is 0.164 e. The first kappa shape index (κ1) is 35.7. The van der Waals surface area contributed by atoms with Gasteiger partial charge in [0, 0.05) is 33.2 Å². The van der Waals surface area contributed by atoms with Crippen molar-refractivity contribution in [2.45, 2.75) is 5.41 Å². The number of benzene rings is 9. The van der Waals surface area contributed by atoms with Gasteiger partial charge in [0.25, 0.3) is 0 Å². The van der Waals surface area contributed by atoms with E-state index in [1.165, 1.54) is 44.2 Å². The summed E-state index contributed by atoms with van der Waals surface area (Å²) in [5.41, 5.74) is 15.4.